The van der Waals surface area contributed by atoms with Crippen LogP contribution in [0.25, 0.3) is 0 Å². The fraction of sp³-hybridized carbons (Fsp3) is 0.643. The lowest BCUT2D eigenvalue weighted by Crippen LogP contribution is -2.47. The van der Waals surface area contributed by atoms with Gasteiger partial charge in [-0.05, 0) is 17.5 Å². The second-order valence-electron chi connectivity index (χ2n) is 5.28. The molecule has 0 radical (unpaired) electrons. The molecule has 0 spiro atoms. The first-order valence-corrected chi connectivity index (χ1v) is 6.85. The molecule has 1 aliphatic heterocycles. The minimum atomic E-state index is -0.234. The van der Waals surface area contributed by atoms with Gasteiger partial charge in [0, 0.05) is 38.9 Å². The van der Waals surface area contributed by atoms with Crippen LogP contribution in [0.2, 0.25) is 0 Å². The van der Waals surface area contributed by atoms with Gasteiger partial charge in [0.05, 0.1) is 6.61 Å². The van der Waals surface area contributed by atoms with Crippen molar-refractivity contribution in [1.82, 2.24) is 9.88 Å². The average molecular weight is 267 g/mol. The summed E-state index contributed by atoms with van der Waals surface area (Å²) in [7, 11) is 0. The fourth-order valence-electron chi connectivity index (χ4n) is 2.32. The zero-order valence-corrected chi connectivity index (χ0v) is 11.6. The first kappa shape index (κ1) is 14.2. The maximum atomic E-state index is 14.1. The molecule has 1 aliphatic rings. The second-order valence-corrected chi connectivity index (χ2v) is 5.28. The predicted molar refractivity (Wildman–Crippen MR) is 74.0 cm³/mol. The molecule has 1 aromatic rings. The first-order valence-electron chi connectivity index (χ1n) is 6.85. The third-order valence-electron chi connectivity index (χ3n) is 3.60. The van der Waals surface area contributed by atoms with Crippen LogP contribution in [0.5, 0.6) is 0 Å². The zero-order valence-electron chi connectivity index (χ0n) is 11.6. The lowest BCUT2D eigenvalue weighted by molar-refractivity contribution is 0.188. The summed E-state index contributed by atoms with van der Waals surface area (Å²) in [5, 5.41) is 8.90. The number of aromatic nitrogens is 1. The van der Waals surface area contributed by atoms with Gasteiger partial charge in [-0.3, -0.25) is 4.90 Å². The molecule has 2 rings (SSSR count). The number of anilines is 1. The Morgan fingerprint density at radius 3 is 2.53 bits per heavy atom. The zero-order chi connectivity index (χ0) is 13.8. The number of aliphatic hydroxyl groups excluding tert-OH is 1. The molecule has 2 heterocycles. The second kappa shape index (κ2) is 6.30. The van der Waals surface area contributed by atoms with Crippen molar-refractivity contribution in [3.05, 3.63) is 23.6 Å². The normalized spacial score (nSPS) is 17.2. The molecule has 1 fully saturated rings. The summed E-state index contributed by atoms with van der Waals surface area (Å²) >= 11 is 0. The molecule has 5 heteroatoms. The molecule has 106 valence electrons. The molecule has 1 saturated heterocycles. The molecular weight excluding hydrogens is 245 g/mol. The largest absolute Gasteiger partial charge is 0.395 e. The summed E-state index contributed by atoms with van der Waals surface area (Å²) in [6.45, 7) is 8.12. The number of nitrogens with zero attached hydrogens (tertiary/aromatic N) is 3. The average Bonchev–Trinajstić information content (AvgIpc) is 2.40. The van der Waals surface area contributed by atoms with E-state index in [1.807, 2.05) is 18.7 Å². The molecule has 19 heavy (non-hydrogen) atoms. The first-order chi connectivity index (χ1) is 9.11. The summed E-state index contributed by atoms with van der Waals surface area (Å²) in [5.41, 5.74) is 0.931. The van der Waals surface area contributed by atoms with Gasteiger partial charge < -0.3 is 10.0 Å². The van der Waals surface area contributed by atoms with Gasteiger partial charge in [0.15, 0.2) is 11.6 Å². The lowest BCUT2D eigenvalue weighted by Gasteiger charge is -2.35. The van der Waals surface area contributed by atoms with E-state index in [-0.39, 0.29) is 18.3 Å². The van der Waals surface area contributed by atoms with E-state index in [2.05, 4.69) is 9.88 Å². The Morgan fingerprint density at radius 1 is 1.32 bits per heavy atom. The van der Waals surface area contributed by atoms with Crippen molar-refractivity contribution in [3.63, 3.8) is 0 Å². The van der Waals surface area contributed by atoms with E-state index in [4.69, 9.17) is 5.11 Å². The Morgan fingerprint density at radius 2 is 2.00 bits per heavy atom. The van der Waals surface area contributed by atoms with Gasteiger partial charge in [-0.2, -0.15) is 0 Å². The number of halogens is 1. The SMILES string of the molecule is CC(C)c1cnc(N2CCN(CCO)CC2)c(F)c1. The van der Waals surface area contributed by atoms with E-state index in [0.717, 1.165) is 31.7 Å². The third kappa shape index (κ3) is 3.42. The molecule has 0 amide bonds. The molecule has 0 unspecified atom stereocenters. The van der Waals surface area contributed by atoms with Crippen LogP contribution >= 0.6 is 0 Å². The minimum absolute atomic E-state index is 0.176. The van der Waals surface area contributed by atoms with Gasteiger partial charge in [0.25, 0.3) is 0 Å². The molecule has 0 aromatic carbocycles. The molecule has 1 aromatic heterocycles. The minimum Gasteiger partial charge on any atom is -0.395 e. The van der Waals surface area contributed by atoms with E-state index in [1.165, 1.54) is 0 Å². The molecule has 4 nitrogen and oxygen atoms in total. The van der Waals surface area contributed by atoms with Crippen molar-refractivity contribution in [1.29, 1.82) is 0 Å². The lowest BCUT2D eigenvalue weighted by atomic mass is 10.1. The number of hydrogen-bond acceptors (Lipinski definition) is 4. The third-order valence-corrected chi connectivity index (χ3v) is 3.60. The van der Waals surface area contributed by atoms with Crippen molar-refractivity contribution in [2.24, 2.45) is 0 Å². The van der Waals surface area contributed by atoms with E-state index >= 15 is 0 Å². The number of rotatable bonds is 4. The Kier molecular flexibility index (Phi) is 4.71. The van der Waals surface area contributed by atoms with Gasteiger partial charge in [0.1, 0.15) is 0 Å². The standard InChI is InChI=1S/C14H22FN3O/c1-11(2)12-9-13(15)14(16-10-12)18-5-3-17(4-6-18)7-8-19/h9-11,19H,3-8H2,1-2H3. The van der Waals surface area contributed by atoms with Gasteiger partial charge >= 0.3 is 0 Å². The van der Waals surface area contributed by atoms with Crippen molar-refractivity contribution in [2.45, 2.75) is 19.8 Å². The monoisotopic (exact) mass is 267 g/mol. The Hall–Kier alpha value is -1.20. The topological polar surface area (TPSA) is 39.6 Å². The van der Waals surface area contributed by atoms with Crippen LogP contribution in [0.15, 0.2) is 12.3 Å². The number of aliphatic hydroxyl groups is 1. The maximum absolute atomic E-state index is 14.1. The smallest absolute Gasteiger partial charge is 0.165 e. The summed E-state index contributed by atoms with van der Waals surface area (Å²) in [6.07, 6.45) is 1.77. The van der Waals surface area contributed by atoms with Crippen LogP contribution in [0, 0.1) is 5.82 Å². The van der Waals surface area contributed by atoms with E-state index in [9.17, 15) is 4.39 Å². The highest BCUT2D eigenvalue weighted by Gasteiger charge is 2.20. The summed E-state index contributed by atoms with van der Waals surface area (Å²) in [5.74, 6) is 0.507. The van der Waals surface area contributed by atoms with Crippen LogP contribution in [-0.2, 0) is 0 Å². The van der Waals surface area contributed by atoms with Crippen LogP contribution in [0.3, 0.4) is 0 Å². The van der Waals surface area contributed by atoms with E-state index in [0.29, 0.717) is 12.4 Å². The van der Waals surface area contributed by atoms with Gasteiger partial charge in [0.2, 0.25) is 0 Å². The van der Waals surface area contributed by atoms with Crippen molar-refractivity contribution < 1.29 is 9.50 Å². The van der Waals surface area contributed by atoms with Crippen molar-refractivity contribution >= 4 is 5.82 Å². The predicted octanol–water partition coefficient (Wildman–Crippen LogP) is 1.46. The van der Waals surface area contributed by atoms with Crippen molar-refractivity contribution in [2.75, 3.05) is 44.2 Å². The molecular formula is C14H22FN3O. The Balaban J connectivity index is 2.03. The number of hydrogen-bond donors (Lipinski definition) is 1. The molecule has 0 atom stereocenters. The molecule has 0 saturated carbocycles. The molecule has 0 bridgehead atoms. The van der Waals surface area contributed by atoms with E-state index in [1.54, 1.807) is 12.3 Å². The summed E-state index contributed by atoms with van der Waals surface area (Å²) in [6, 6.07) is 1.59. The highest BCUT2D eigenvalue weighted by Crippen LogP contribution is 2.22. The highest BCUT2D eigenvalue weighted by molar-refractivity contribution is 5.42. The Labute approximate surface area is 113 Å². The van der Waals surface area contributed by atoms with Gasteiger partial charge in [-0.25, -0.2) is 9.37 Å². The van der Waals surface area contributed by atoms with Gasteiger partial charge in [-0.1, -0.05) is 13.8 Å². The summed E-state index contributed by atoms with van der Waals surface area (Å²) < 4.78 is 14.1. The van der Waals surface area contributed by atoms with Crippen LogP contribution in [0.1, 0.15) is 25.3 Å². The quantitative estimate of drug-likeness (QED) is 0.896. The number of piperazine rings is 1. The maximum Gasteiger partial charge on any atom is 0.165 e. The molecule has 0 aliphatic carbocycles. The van der Waals surface area contributed by atoms with Crippen LogP contribution < -0.4 is 4.90 Å². The number of pyridine rings is 1. The van der Waals surface area contributed by atoms with Crippen molar-refractivity contribution in [3.8, 4) is 0 Å². The van der Waals surface area contributed by atoms with E-state index < -0.39 is 0 Å². The van der Waals surface area contributed by atoms with Gasteiger partial charge in [-0.15, -0.1) is 0 Å². The summed E-state index contributed by atoms with van der Waals surface area (Å²) in [4.78, 5) is 8.43. The number of β-amino-alcohol motifs (C(OH)–C–C–N with tert-alkyl or cyclic N) is 1. The van der Waals surface area contributed by atoms with Crippen LogP contribution in [-0.4, -0.2) is 54.3 Å². The Bertz CT molecular complexity index is 417. The molecule has 1 N–H and O–H groups in total. The fourth-order valence-corrected chi connectivity index (χ4v) is 2.32. The van der Waals surface area contributed by atoms with Crippen LogP contribution in [0.4, 0.5) is 10.2 Å². The highest BCUT2D eigenvalue weighted by atomic mass is 19.1.